The molecule has 0 spiro atoms. The summed E-state index contributed by atoms with van der Waals surface area (Å²) in [6.07, 6.45) is 0. The van der Waals surface area contributed by atoms with Gasteiger partial charge in [0.05, 0.1) is 10.5 Å². The molecule has 0 bridgehead atoms. The van der Waals surface area contributed by atoms with E-state index < -0.39 is 0 Å². The van der Waals surface area contributed by atoms with Crippen LogP contribution in [0.1, 0.15) is 16.8 Å². The lowest BCUT2D eigenvalue weighted by atomic mass is 10.1. The zero-order valence-corrected chi connectivity index (χ0v) is 17.7. The van der Waals surface area contributed by atoms with Crippen LogP contribution in [0.4, 0.5) is 0 Å². The third kappa shape index (κ3) is 3.67. The smallest absolute Gasteiger partial charge is 0.231 e. The summed E-state index contributed by atoms with van der Waals surface area (Å²) in [5, 5.41) is 1.24. The first-order chi connectivity index (χ1) is 14.6. The van der Waals surface area contributed by atoms with Crippen molar-refractivity contribution in [1.82, 2.24) is 14.8 Å². The number of hydrogen-bond donors (Lipinski definition) is 1. The number of nitrogens with zero attached hydrogens (tertiary/aromatic N) is 2. The Bertz CT molecular complexity index is 1150. The van der Waals surface area contributed by atoms with Crippen LogP contribution in [0, 0.1) is 6.92 Å². The first kappa shape index (κ1) is 19.4. The van der Waals surface area contributed by atoms with Crippen LogP contribution in [0.15, 0.2) is 41.2 Å². The van der Waals surface area contributed by atoms with Gasteiger partial charge in [0.2, 0.25) is 6.79 Å². The number of ether oxygens (including phenoxy) is 2. The maximum absolute atomic E-state index is 13.0. The third-order valence-corrected chi connectivity index (χ3v) is 6.30. The van der Waals surface area contributed by atoms with E-state index in [0.29, 0.717) is 23.7 Å². The normalized spacial score (nSPS) is 17.0. The van der Waals surface area contributed by atoms with Crippen molar-refractivity contribution in [3.63, 3.8) is 0 Å². The molecule has 1 aromatic heterocycles. The van der Waals surface area contributed by atoms with Crippen LogP contribution in [0.3, 0.4) is 0 Å². The number of aromatic amines is 1. The second-order valence-corrected chi connectivity index (χ2v) is 8.37. The Morgan fingerprint density at radius 2 is 1.73 bits per heavy atom. The summed E-state index contributed by atoms with van der Waals surface area (Å²) in [5.41, 5.74) is 3.74. The van der Waals surface area contributed by atoms with Gasteiger partial charge in [0.15, 0.2) is 16.9 Å². The molecule has 1 saturated heterocycles. The Hall–Kier alpha value is -2.54. The summed E-state index contributed by atoms with van der Waals surface area (Å²) in [5.74, 6) is 1.65. The van der Waals surface area contributed by atoms with E-state index in [0.717, 1.165) is 61.0 Å². The number of rotatable bonds is 4. The van der Waals surface area contributed by atoms with Gasteiger partial charge in [-0.15, -0.1) is 0 Å². The van der Waals surface area contributed by atoms with Gasteiger partial charge in [-0.1, -0.05) is 23.7 Å². The molecule has 6 nitrogen and oxygen atoms in total. The average molecular weight is 426 g/mol. The molecule has 7 heteroatoms. The Labute approximate surface area is 180 Å². The molecule has 0 unspecified atom stereocenters. The Balaban J connectivity index is 1.25. The van der Waals surface area contributed by atoms with Gasteiger partial charge < -0.3 is 14.5 Å². The molecule has 5 rings (SSSR count). The Kier molecular flexibility index (Phi) is 5.15. The van der Waals surface area contributed by atoms with Crippen molar-refractivity contribution >= 4 is 22.5 Å². The molecule has 3 aromatic rings. The third-order valence-electron chi connectivity index (χ3n) is 5.99. The monoisotopic (exact) mass is 425 g/mol. The quantitative estimate of drug-likeness (QED) is 0.693. The molecule has 0 radical (unpaired) electrons. The molecular weight excluding hydrogens is 402 g/mol. The van der Waals surface area contributed by atoms with E-state index in [1.807, 2.05) is 25.1 Å². The molecule has 156 valence electrons. The van der Waals surface area contributed by atoms with Crippen LogP contribution >= 0.6 is 11.6 Å². The molecule has 2 aliphatic heterocycles. The highest BCUT2D eigenvalue weighted by Crippen LogP contribution is 2.33. The number of fused-ring (bicyclic) bond motifs is 2. The fourth-order valence-electron chi connectivity index (χ4n) is 4.25. The second-order valence-electron chi connectivity index (χ2n) is 7.96. The summed E-state index contributed by atoms with van der Waals surface area (Å²) < 4.78 is 10.9. The van der Waals surface area contributed by atoms with Crippen molar-refractivity contribution in [2.45, 2.75) is 20.0 Å². The molecule has 1 fully saturated rings. The lowest BCUT2D eigenvalue weighted by Crippen LogP contribution is -2.46. The van der Waals surface area contributed by atoms with E-state index in [2.05, 4.69) is 26.9 Å². The van der Waals surface area contributed by atoms with Gasteiger partial charge in [-0.3, -0.25) is 14.6 Å². The van der Waals surface area contributed by atoms with Crippen molar-refractivity contribution in [2.75, 3.05) is 33.0 Å². The molecule has 0 aliphatic carbocycles. The first-order valence-corrected chi connectivity index (χ1v) is 10.6. The molecule has 0 atom stereocenters. The van der Waals surface area contributed by atoms with Crippen molar-refractivity contribution in [2.24, 2.45) is 0 Å². The Morgan fingerprint density at radius 3 is 2.53 bits per heavy atom. The minimum Gasteiger partial charge on any atom is -0.454 e. The van der Waals surface area contributed by atoms with Crippen molar-refractivity contribution < 1.29 is 9.47 Å². The maximum atomic E-state index is 13.0. The van der Waals surface area contributed by atoms with E-state index in [1.165, 1.54) is 5.56 Å². The summed E-state index contributed by atoms with van der Waals surface area (Å²) in [4.78, 5) is 21.2. The number of nitrogens with one attached hydrogen (secondary N) is 1. The predicted molar refractivity (Wildman–Crippen MR) is 117 cm³/mol. The number of piperazine rings is 1. The van der Waals surface area contributed by atoms with Gasteiger partial charge in [0.1, 0.15) is 0 Å². The zero-order chi connectivity index (χ0) is 20.7. The number of hydrogen-bond acceptors (Lipinski definition) is 5. The van der Waals surface area contributed by atoms with Crippen LogP contribution in [-0.2, 0) is 13.1 Å². The molecule has 30 heavy (non-hydrogen) atoms. The van der Waals surface area contributed by atoms with E-state index in [-0.39, 0.29) is 5.43 Å². The molecule has 0 amide bonds. The topological polar surface area (TPSA) is 57.8 Å². The minimum atomic E-state index is 0.0755. The highest BCUT2D eigenvalue weighted by molar-refractivity contribution is 6.35. The van der Waals surface area contributed by atoms with E-state index in [4.69, 9.17) is 21.1 Å². The second kappa shape index (κ2) is 7.95. The first-order valence-electron chi connectivity index (χ1n) is 10.2. The van der Waals surface area contributed by atoms with Gasteiger partial charge >= 0.3 is 0 Å². The van der Waals surface area contributed by atoms with Crippen LogP contribution in [-0.4, -0.2) is 47.8 Å². The number of aromatic nitrogens is 1. The van der Waals surface area contributed by atoms with Crippen molar-refractivity contribution in [3.8, 4) is 11.5 Å². The molecule has 2 aliphatic rings. The summed E-state index contributed by atoms with van der Waals surface area (Å²) >= 11 is 6.26. The van der Waals surface area contributed by atoms with Gasteiger partial charge in [0, 0.05) is 55.9 Å². The fourth-order valence-corrected chi connectivity index (χ4v) is 4.47. The van der Waals surface area contributed by atoms with Crippen LogP contribution in [0.2, 0.25) is 5.02 Å². The highest BCUT2D eigenvalue weighted by atomic mass is 35.5. The lowest BCUT2D eigenvalue weighted by Gasteiger charge is -2.34. The Morgan fingerprint density at radius 1 is 1.00 bits per heavy atom. The molecule has 0 saturated carbocycles. The van der Waals surface area contributed by atoms with Crippen LogP contribution in [0.25, 0.3) is 10.9 Å². The highest BCUT2D eigenvalue weighted by Gasteiger charge is 2.21. The number of para-hydroxylation sites is 1. The molecule has 3 heterocycles. The number of benzene rings is 2. The maximum Gasteiger partial charge on any atom is 0.231 e. The molecule has 1 N–H and O–H groups in total. The van der Waals surface area contributed by atoms with Gasteiger partial charge in [-0.2, -0.15) is 0 Å². The van der Waals surface area contributed by atoms with E-state index in [9.17, 15) is 4.79 Å². The number of H-pyrrole nitrogens is 1. The largest absolute Gasteiger partial charge is 0.454 e. The number of pyridine rings is 1. The number of halogens is 1. The molecule has 2 aromatic carbocycles. The summed E-state index contributed by atoms with van der Waals surface area (Å²) in [7, 11) is 0. The lowest BCUT2D eigenvalue weighted by molar-refractivity contribution is 0.121. The standard InChI is InChI=1S/C23H24ClN3O3/c1-15-18(23(28)17-3-2-4-19(24)22(17)25-15)13-27-9-7-26(8-10-27)12-16-5-6-20-21(11-16)30-14-29-20/h2-6,11H,7-10,12-14H2,1H3,(H,25,28). The van der Waals surface area contributed by atoms with Crippen molar-refractivity contribution in [3.05, 3.63) is 68.5 Å². The van der Waals surface area contributed by atoms with E-state index >= 15 is 0 Å². The number of aryl methyl sites for hydroxylation is 1. The summed E-state index contributed by atoms with van der Waals surface area (Å²) in [6.45, 7) is 7.58. The van der Waals surface area contributed by atoms with Gasteiger partial charge in [-0.25, -0.2) is 0 Å². The van der Waals surface area contributed by atoms with Gasteiger partial charge in [-0.05, 0) is 36.8 Å². The minimum absolute atomic E-state index is 0.0755. The van der Waals surface area contributed by atoms with Crippen molar-refractivity contribution in [1.29, 1.82) is 0 Å². The fraction of sp³-hybridized carbons (Fsp3) is 0.348. The SMILES string of the molecule is Cc1[nH]c2c(Cl)cccc2c(=O)c1CN1CCN(Cc2ccc3c(c2)OCO3)CC1. The predicted octanol–water partition coefficient (Wildman–Crippen LogP) is 3.54. The molecular formula is C23H24ClN3O3. The van der Waals surface area contributed by atoms with Crippen LogP contribution in [0.5, 0.6) is 11.5 Å². The average Bonchev–Trinajstić information content (AvgIpc) is 3.21. The zero-order valence-electron chi connectivity index (χ0n) is 16.9. The van der Waals surface area contributed by atoms with Crippen LogP contribution < -0.4 is 14.9 Å². The summed E-state index contributed by atoms with van der Waals surface area (Å²) in [6, 6.07) is 11.6. The van der Waals surface area contributed by atoms with E-state index in [1.54, 1.807) is 6.07 Å². The van der Waals surface area contributed by atoms with Gasteiger partial charge in [0.25, 0.3) is 0 Å².